The van der Waals surface area contributed by atoms with Gasteiger partial charge in [0.1, 0.15) is 0 Å². The van der Waals surface area contributed by atoms with E-state index >= 15 is 0 Å². The Balaban J connectivity index is 2.29. The number of benzene rings is 1. The summed E-state index contributed by atoms with van der Waals surface area (Å²) in [5, 5.41) is 1.93. The maximum absolute atomic E-state index is 12.7. The minimum atomic E-state index is -0.0000463. The fourth-order valence-electron chi connectivity index (χ4n) is 1.89. The standard InChI is InChI=1S/C15H16N2OS2/c1-11-8-10-20-14(11)15(18)17(9-7-13(16)19)12-5-3-2-4-6-12/h2-6,8,10H,7,9H2,1H3,(H2,16,19). The molecule has 0 spiro atoms. The number of thiophene rings is 1. The second kappa shape index (κ2) is 6.63. The third-order valence-electron chi connectivity index (χ3n) is 2.95. The summed E-state index contributed by atoms with van der Waals surface area (Å²) in [6, 6.07) is 11.5. The van der Waals surface area contributed by atoms with Gasteiger partial charge in [-0.1, -0.05) is 30.4 Å². The van der Waals surface area contributed by atoms with Crippen LogP contribution < -0.4 is 10.6 Å². The molecule has 0 saturated heterocycles. The highest BCUT2D eigenvalue weighted by molar-refractivity contribution is 7.80. The van der Waals surface area contributed by atoms with Crippen molar-refractivity contribution in [1.82, 2.24) is 0 Å². The van der Waals surface area contributed by atoms with Gasteiger partial charge in [0.2, 0.25) is 0 Å². The molecule has 20 heavy (non-hydrogen) atoms. The Morgan fingerprint density at radius 2 is 2.00 bits per heavy atom. The second-order valence-corrected chi connectivity index (χ2v) is 5.88. The Bertz CT molecular complexity index is 607. The Labute approximate surface area is 128 Å². The molecule has 1 amide bonds. The number of rotatable bonds is 5. The molecule has 104 valence electrons. The van der Waals surface area contributed by atoms with Gasteiger partial charge in [-0.2, -0.15) is 0 Å². The zero-order chi connectivity index (χ0) is 14.5. The lowest BCUT2D eigenvalue weighted by molar-refractivity contribution is 0.0991. The van der Waals surface area contributed by atoms with Crippen LogP contribution in [0.2, 0.25) is 0 Å². The number of nitrogens with two attached hydrogens (primary N) is 1. The van der Waals surface area contributed by atoms with Gasteiger partial charge in [-0.25, -0.2) is 0 Å². The molecule has 3 nitrogen and oxygen atoms in total. The van der Waals surface area contributed by atoms with Crippen LogP contribution in [-0.4, -0.2) is 17.4 Å². The molecule has 0 atom stereocenters. The van der Waals surface area contributed by atoms with Gasteiger partial charge in [0.05, 0.1) is 9.87 Å². The predicted octanol–water partition coefficient (Wildman–Crippen LogP) is 3.38. The van der Waals surface area contributed by atoms with Crippen molar-refractivity contribution in [1.29, 1.82) is 0 Å². The summed E-state index contributed by atoms with van der Waals surface area (Å²) in [5.41, 5.74) is 7.42. The van der Waals surface area contributed by atoms with Crippen LogP contribution in [0.4, 0.5) is 5.69 Å². The van der Waals surface area contributed by atoms with E-state index in [-0.39, 0.29) is 5.91 Å². The van der Waals surface area contributed by atoms with Gasteiger partial charge in [-0.15, -0.1) is 11.3 Å². The minimum Gasteiger partial charge on any atom is -0.393 e. The molecule has 1 aromatic heterocycles. The molecule has 1 heterocycles. The summed E-state index contributed by atoms with van der Waals surface area (Å²) in [7, 11) is 0. The van der Waals surface area contributed by atoms with E-state index < -0.39 is 0 Å². The molecule has 2 N–H and O–H groups in total. The second-order valence-electron chi connectivity index (χ2n) is 4.44. The van der Waals surface area contributed by atoms with Crippen LogP contribution in [0.5, 0.6) is 0 Å². The van der Waals surface area contributed by atoms with Crippen LogP contribution in [-0.2, 0) is 0 Å². The Morgan fingerprint density at radius 3 is 2.55 bits per heavy atom. The summed E-state index contributed by atoms with van der Waals surface area (Å²) in [6.45, 7) is 2.44. The zero-order valence-electron chi connectivity index (χ0n) is 11.2. The van der Waals surface area contributed by atoms with E-state index in [1.54, 1.807) is 4.90 Å². The van der Waals surface area contributed by atoms with Gasteiger partial charge in [-0.05, 0) is 36.1 Å². The number of hydrogen-bond acceptors (Lipinski definition) is 3. The highest BCUT2D eigenvalue weighted by Gasteiger charge is 2.20. The largest absolute Gasteiger partial charge is 0.393 e. The lowest BCUT2D eigenvalue weighted by atomic mass is 10.2. The van der Waals surface area contributed by atoms with Crippen molar-refractivity contribution in [2.45, 2.75) is 13.3 Å². The Kier molecular flexibility index (Phi) is 4.87. The van der Waals surface area contributed by atoms with E-state index in [1.807, 2.05) is 48.7 Å². The van der Waals surface area contributed by atoms with Gasteiger partial charge in [-0.3, -0.25) is 4.79 Å². The number of para-hydroxylation sites is 1. The molecule has 0 radical (unpaired) electrons. The van der Waals surface area contributed by atoms with E-state index in [1.165, 1.54) is 11.3 Å². The first-order chi connectivity index (χ1) is 9.59. The third-order valence-corrected chi connectivity index (χ3v) is 4.16. The maximum Gasteiger partial charge on any atom is 0.268 e. The van der Waals surface area contributed by atoms with Crippen LogP contribution in [0.15, 0.2) is 41.8 Å². The molecule has 0 aliphatic heterocycles. The lowest BCUT2D eigenvalue weighted by Gasteiger charge is -2.22. The van der Waals surface area contributed by atoms with Gasteiger partial charge < -0.3 is 10.6 Å². The topological polar surface area (TPSA) is 46.3 Å². The van der Waals surface area contributed by atoms with Crippen LogP contribution in [0.25, 0.3) is 0 Å². The highest BCUT2D eigenvalue weighted by atomic mass is 32.1. The number of thiocarbonyl (C=S) groups is 1. The van der Waals surface area contributed by atoms with Gasteiger partial charge in [0.25, 0.3) is 5.91 Å². The fraction of sp³-hybridized carbons (Fsp3) is 0.200. The first kappa shape index (κ1) is 14.7. The van der Waals surface area contributed by atoms with E-state index in [4.69, 9.17) is 18.0 Å². The molecule has 2 aromatic rings. The minimum absolute atomic E-state index is 0.0000463. The van der Waals surface area contributed by atoms with Crippen molar-refractivity contribution in [3.63, 3.8) is 0 Å². The SMILES string of the molecule is Cc1ccsc1C(=O)N(CCC(N)=S)c1ccccc1. The van der Waals surface area contributed by atoms with E-state index in [0.717, 1.165) is 16.1 Å². The molecule has 1 aromatic carbocycles. The molecule has 0 bridgehead atoms. The van der Waals surface area contributed by atoms with Crippen molar-refractivity contribution in [2.24, 2.45) is 5.73 Å². The number of anilines is 1. The number of amides is 1. The molecule has 0 aliphatic carbocycles. The van der Waals surface area contributed by atoms with E-state index in [2.05, 4.69) is 0 Å². The fourth-order valence-corrected chi connectivity index (χ4v) is 2.86. The van der Waals surface area contributed by atoms with Crippen molar-refractivity contribution >= 4 is 40.1 Å². The molecule has 0 aliphatic rings. The molecule has 0 saturated carbocycles. The molecular formula is C15H16N2OS2. The lowest BCUT2D eigenvalue weighted by Crippen LogP contribution is -2.33. The monoisotopic (exact) mass is 304 g/mol. The van der Waals surface area contributed by atoms with Crippen LogP contribution in [0.3, 0.4) is 0 Å². The van der Waals surface area contributed by atoms with Gasteiger partial charge in [0, 0.05) is 18.7 Å². The van der Waals surface area contributed by atoms with Crippen molar-refractivity contribution in [3.05, 3.63) is 52.2 Å². The quantitative estimate of drug-likeness (QED) is 0.861. The molecule has 0 unspecified atom stereocenters. The van der Waals surface area contributed by atoms with Crippen molar-refractivity contribution in [3.8, 4) is 0 Å². The smallest absolute Gasteiger partial charge is 0.268 e. The molecule has 0 fully saturated rings. The average molecular weight is 304 g/mol. The first-order valence-electron chi connectivity index (χ1n) is 6.29. The predicted molar refractivity (Wildman–Crippen MR) is 88.6 cm³/mol. The number of nitrogens with zero attached hydrogens (tertiary/aromatic N) is 1. The summed E-state index contributed by atoms with van der Waals surface area (Å²) >= 11 is 6.38. The first-order valence-corrected chi connectivity index (χ1v) is 7.57. The van der Waals surface area contributed by atoms with Crippen LogP contribution in [0, 0.1) is 6.92 Å². The van der Waals surface area contributed by atoms with Gasteiger partial charge >= 0.3 is 0 Å². The van der Waals surface area contributed by atoms with Crippen molar-refractivity contribution in [2.75, 3.05) is 11.4 Å². The zero-order valence-corrected chi connectivity index (χ0v) is 12.8. The molecular weight excluding hydrogens is 288 g/mol. The summed E-state index contributed by atoms with van der Waals surface area (Å²) in [6.07, 6.45) is 0.514. The maximum atomic E-state index is 12.7. The molecule has 2 rings (SSSR count). The summed E-state index contributed by atoms with van der Waals surface area (Å²) < 4.78 is 0. The summed E-state index contributed by atoms with van der Waals surface area (Å²) in [4.78, 5) is 15.6. The summed E-state index contributed by atoms with van der Waals surface area (Å²) in [5.74, 6) is -0.0000463. The number of carbonyl (C=O) groups is 1. The Hall–Kier alpha value is -1.72. The number of aryl methyl sites for hydroxylation is 1. The number of hydrogen-bond donors (Lipinski definition) is 1. The van der Waals surface area contributed by atoms with Crippen LogP contribution >= 0.6 is 23.6 Å². The van der Waals surface area contributed by atoms with E-state index in [0.29, 0.717) is 18.0 Å². The molecule has 5 heteroatoms. The number of carbonyl (C=O) groups excluding carboxylic acids is 1. The third kappa shape index (κ3) is 3.43. The highest BCUT2D eigenvalue weighted by Crippen LogP contribution is 2.22. The van der Waals surface area contributed by atoms with E-state index in [9.17, 15) is 4.79 Å². The van der Waals surface area contributed by atoms with Crippen molar-refractivity contribution < 1.29 is 4.79 Å². The Morgan fingerprint density at radius 1 is 1.30 bits per heavy atom. The van der Waals surface area contributed by atoms with Gasteiger partial charge in [0.15, 0.2) is 0 Å². The average Bonchev–Trinajstić information content (AvgIpc) is 2.86. The normalized spacial score (nSPS) is 10.2. The van der Waals surface area contributed by atoms with Crippen LogP contribution in [0.1, 0.15) is 21.7 Å².